The highest BCUT2D eigenvalue weighted by atomic mass is 16.6. The van der Waals surface area contributed by atoms with E-state index in [2.05, 4.69) is 26.1 Å². The van der Waals surface area contributed by atoms with Gasteiger partial charge in [-0.2, -0.15) is 0 Å². The second kappa shape index (κ2) is 6.56. The summed E-state index contributed by atoms with van der Waals surface area (Å²) in [6, 6.07) is 7.62. The minimum Gasteiger partial charge on any atom is -0.307 e. The summed E-state index contributed by atoms with van der Waals surface area (Å²) in [5.41, 5.74) is 1.61. The van der Waals surface area contributed by atoms with Gasteiger partial charge >= 0.3 is 0 Å². The van der Waals surface area contributed by atoms with E-state index >= 15 is 0 Å². The number of nitrogens with zero attached hydrogens (tertiary/aromatic N) is 1. The van der Waals surface area contributed by atoms with E-state index in [-0.39, 0.29) is 16.7 Å². The summed E-state index contributed by atoms with van der Waals surface area (Å²) < 4.78 is 0. The van der Waals surface area contributed by atoms with Crippen LogP contribution >= 0.6 is 0 Å². The van der Waals surface area contributed by atoms with Crippen LogP contribution in [-0.4, -0.2) is 11.0 Å². The molecule has 2 rings (SSSR count). The van der Waals surface area contributed by atoms with Gasteiger partial charge in [0.25, 0.3) is 5.69 Å². The molecule has 0 aromatic heterocycles. The van der Waals surface area contributed by atoms with Crippen molar-refractivity contribution in [3.8, 4) is 0 Å². The Balaban J connectivity index is 1.99. The first-order valence-corrected chi connectivity index (χ1v) is 7.88. The third-order valence-corrected chi connectivity index (χ3v) is 4.64. The number of nitro groups is 1. The van der Waals surface area contributed by atoms with E-state index in [9.17, 15) is 10.1 Å². The van der Waals surface area contributed by atoms with Crippen LogP contribution in [0.4, 0.5) is 5.69 Å². The quantitative estimate of drug-likeness (QED) is 0.500. The lowest BCUT2D eigenvalue weighted by Gasteiger charge is -2.24. The molecular formula is C17H26N2O2. The van der Waals surface area contributed by atoms with E-state index in [1.807, 2.05) is 6.07 Å². The summed E-state index contributed by atoms with van der Waals surface area (Å²) in [5.74, 6) is 0. The Kier molecular flexibility index (Phi) is 4.99. The van der Waals surface area contributed by atoms with Crippen LogP contribution in [0.3, 0.4) is 0 Å². The number of rotatable bonds is 4. The van der Waals surface area contributed by atoms with Crippen molar-refractivity contribution in [1.82, 2.24) is 5.32 Å². The number of nitro benzene ring substituents is 1. The van der Waals surface area contributed by atoms with Crippen LogP contribution in [0.5, 0.6) is 0 Å². The van der Waals surface area contributed by atoms with Gasteiger partial charge in [-0.05, 0) is 43.6 Å². The maximum atomic E-state index is 10.9. The summed E-state index contributed by atoms with van der Waals surface area (Å²) in [6.45, 7) is 6.79. The van der Waals surface area contributed by atoms with Crippen molar-refractivity contribution in [3.05, 3.63) is 39.9 Å². The van der Waals surface area contributed by atoms with E-state index < -0.39 is 0 Å². The van der Waals surface area contributed by atoms with Gasteiger partial charge in [-0.1, -0.05) is 32.4 Å². The van der Waals surface area contributed by atoms with Crippen molar-refractivity contribution in [1.29, 1.82) is 0 Å². The maximum Gasteiger partial charge on any atom is 0.269 e. The number of benzene rings is 1. The number of hydrogen-bond acceptors (Lipinski definition) is 3. The highest BCUT2D eigenvalue weighted by Crippen LogP contribution is 2.34. The lowest BCUT2D eigenvalue weighted by molar-refractivity contribution is -0.384. The van der Waals surface area contributed by atoms with Crippen LogP contribution in [0.1, 0.15) is 64.5 Å². The molecule has 4 nitrogen and oxygen atoms in total. The predicted octanol–water partition coefficient (Wildman–Crippen LogP) is 4.60. The van der Waals surface area contributed by atoms with Crippen LogP contribution < -0.4 is 5.32 Å². The largest absolute Gasteiger partial charge is 0.307 e. The minimum atomic E-state index is -0.329. The van der Waals surface area contributed by atoms with Crippen molar-refractivity contribution in [2.45, 2.75) is 65.0 Å². The third-order valence-electron chi connectivity index (χ3n) is 4.64. The number of nitrogens with one attached hydrogen (secondary N) is 1. The normalized spacial score (nSPS) is 23.3. The molecule has 1 aromatic rings. The minimum absolute atomic E-state index is 0.149. The van der Waals surface area contributed by atoms with Crippen LogP contribution in [0.2, 0.25) is 0 Å². The molecule has 1 aliphatic rings. The first-order chi connectivity index (χ1) is 9.87. The SMILES string of the molecule is CC(NC1CCCC(C)(C)CC1)c1cccc([N+](=O)[O-])c1. The lowest BCUT2D eigenvalue weighted by atomic mass is 9.85. The van der Waals surface area contributed by atoms with Gasteiger partial charge in [-0.15, -0.1) is 0 Å². The molecule has 1 fully saturated rings. The molecule has 0 amide bonds. The molecule has 116 valence electrons. The molecule has 4 heteroatoms. The molecule has 0 aliphatic heterocycles. The molecule has 0 heterocycles. The van der Waals surface area contributed by atoms with Gasteiger partial charge in [0.2, 0.25) is 0 Å². The van der Waals surface area contributed by atoms with E-state index in [4.69, 9.17) is 0 Å². The molecule has 0 radical (unpaired) electrons. The third kappa shape index (κ3) is 4.53. The molecule has 2 unspecified atom stereocenters. The molecule has 1 aliphatic carbocycles. The lowest BCUT2D eigenvalue weighted by Crippen LogP contribution is -2.31. The number of hydrogen-bond donors (Lipinski definition) is 1. The summed E-state index contributed by atoms with van der Waals surface area (Å²) in [4.78, 5) is 10.5. The Labute approximate surface area is 127 Å². The van der Waals surface area contributed by atoms with Gasteiger partial charge in [0.1, 0.15) is 0 Å². The molecule has 0 spiro atoms. The van der Waals surface area contributed by atoms with Crippen molar-refractivity contribution < 1.29 is 4.92 Å². The zero-order valence-electron chi connectivity index (χ0n) is 13.3. The van der Waals surface area contributed by atoms with Gasteiger partial charge in [0.05, 0.1) is 4.92 Å². The van der Waals surface area contributed by atoms with E-state index in [0.29, 0.717) is 11.5 Å². The van der Waals surface area contributed by atoms with Crippen molar-refractivity contribution >= 4 is 5.69 Å². The summed E-state index contributed by atoms with van der Waals surface area (Å²) >= 11 is 0. The fourth-order valence-electron chi connectivity index (χ4n) is 3.19. The Bertz CT molecular complexity index is 499. The highest BCUT2D eigenvalue weighted by Gasteiger charge is 2.25. The first-order valence-electron chi connectivity index (χ1n) is 7.88. The predicted molar refractivity (Wildman–Crippen MR) is 85.3 cm³/mol. The smallest absolute Gasteiger partial charge is 0.269 e. The summed E-state index contributed by atoms with van der Waals surface area (Å²) in [5, 5.41) is 14.5. The highest BCUT2D eigenvalue weighted by molar-refractivity contribution is 5.35. The fourth-order valence-corrected chi connectivity index (χ4v) is 3.19. The molecule has 0 saturated heterocycles. The first kappa shape index (κ1) is 16.0. The van der Waals surface area contributed by atoms with Crippen LogP contribution in [0.25, 0.3) is 0 Å². The van der Waals surface area contributed by atoms with Crippen LogP contribution in [0, 0.1) is 15.5 Å². The van der Waals surface area contributed by atoms with E-state index in [1.54, 1.807) is 18.2 Å². The number of non-ortho nitro benzene ring substituents is 1. The average molecular weight is 290 g/mol. The van der Waals surface area contributed by atoms with Crippen molar-refractivity contribution in [2.75, 3.05) is 0 Å². The summed E-state index contributed by atoms with van der Waals surface area (Å²) in [7, 11) is 0. The molecule has 1 saturated carbocycles. The van der Waals surface area contributed by atoms with Crippen LogP contribution in [0.15, 0.2) is 24.3 Å². The Morgan fingerprint density at radius 2 is 2.10 bits per heavy atom. The zero-order valence-corrected chi connectivity index (χ0v) is 13.3. The van der Waals surface area contributed by atoms with Crippen LogP contribution in [-0.2, 0) is 0 Å². The van der Waals surface area contributed by atoms with Gasteiger partial charge in [0, 0.05) is 24.2 Å². The van der Waals surface area contributed by atoms with Gasteiger partial charge in [-0.3, -0.25) is 10.1 Å². The topological polar surface area (TPSA) is 55.2 Å². The van der Waals surface area contributed by atoms with Gasteiger partial charge in [-0.25, -0.2) is 0 Å². The Morgan fingerprint density at radius 3 is 2.81 bits per heavy atom. The molecule has 0 bridgehead atoms. The van der Waals surface area contributed by atoms with Gasteiger partial charge in [0.15, 0.2) is 0 Å². The van der Waals surface area contributed by atoms with Crippen molar-refractivity contribution in [2.24, 2.45) is 5.41 Å². The Morgan fingerprint density at radius 1 is 1.33 bits per heavy atom. The average Bonchev–Trinajstić information content (AvgIpc) is 2.60. The summed E-state index contributed by atoms with van der Waals surface area (Å²) in [6.07, 6.45) is 6.17. The molecule has 1 aromatic carbocycles. The second-order valence-corrected chi connectivity index (χ2v) is 7.03. The van der Waals surface area contributed by atoms with Gasteiger partial charge < -0.3 is 5.32 Å². The zero-order chi connectivity index (χ0) is 15.5. The molecular weight excluding hydrogens is 264 g/mol. The molecule has 2 atom stereocenters. The van der Waals surface area contributed by atoms with Crippen molar-refractivity contribution in [3.63, 3.8) is 0 Å². The van der Waals surface area contributed by atoms with E-state index in [0.717, 1.165) is 5.56 Å². The fraction of sp³-hybridized carbons (Fsp3) is 0.647. The molecule has 1 N–H and O–H groups in total. The van der Waals surface area contributed by atoms with E-state index in [1.165, 1.54) is 32.1 Å². The standard InChI is InChI=1S/C17H26N2O2/c1-13(14-6-4-8-16(12-14)19(20)21)18-15-7-5-10-17(2,3)11-9-15/h4,6,8,12-13,15,18H,5,7,9-11H2,1-3H3. The second-order valence-electron chi connectivity index (χ2n) is 7.03. The molecule has 21 heavy (non-hydrogen) atoms. The monoisotopic (exact) mass is 290 g/mol. The Hall–Kier alpha value is -1.42. The maximum absolute atomic E-state index is 10.9.